The van der Waals surface area contributed by atoms with E-state index in [2.05, 4.69) is 10.6 Å². The van der Waals surface area contributed by atoms with Gasteiger partial charge in [0.25, 0.3) is 0 Å². The minimum absolute atomic E-state index is 0.0707. The first-order valence-electron chi connectivity index (χ1n) is 5.84. The van der Waals surface area contributed by atoms with Gasteiger partial charge in [-0.2, -0.15) is 0 Å². The molecule has 1 saturated carbocycles. The van der Waals surface area contributed by atoms with Crippen molar-refractivity contribution in [2.24, 2.45) is 0 Å². The van der Waals surface area contributed by atoms with Crippen LogP contribution in [0, 0.1) is 0 Å². The summed E-state index contributed by atoms with van der Waals surface area (Å²) in [5.41, 5.74) is 0. The van der Waals surface area contributed by atoms with Gasteiger partial charge in [0.05, 0.1) is 0 Å². The van der Waals surface area contributed by atoms with Gasteiger partial charge < -0.3 is 15.4 Å². The van der Waals surface area contributed by atoms with Crippen molar-refractivity contribution in [2.75, 3.05) is 13.6 Å². The summed E-state index contributed by atoms with van der Waals surface area (Å²) in [6.07, 6.45) is 5.57. The summed E-state index contributed by atoms with van der Waals surface area (Å²) in [5, 5.41) is 5.89. The van der Waals surface area contributed by atoms with Crippen molar-refractivity contribution < 1.29 is 9.53 Å². The predicted octanol–water partition coefficient (Wildman–Crippen LogP) is 1.65. The second kappa shape index (κ2) is 6.67. The van der Waals surface area contributed by atoms with E-state index in [0.29, 0.717) is 12.6 Å². The van der Waals surface area contributed by atoms with Crippen LogP contribution in [0.2, 0.25) is 0 Å². The molecule has 0 aromatic rings. The van der Waals surface area contributed by atoms with E-state index in [0.717, 1.165) is 12.8 Å². The molecule has 88 valence electrons. The molecule has 0 bridgehead atoms. The molecule has 0 aromatic carbocycles. The van der Waals surface area contributed by atoms with Crippen LogP contribution in [0.15, 0.2) is 0 Å². The lowest BCUT2D eigenvalue weighted by molar-refractivity contribution is 0.102. The first kappa shape index (κ1) is 12.3. The van der Waals surface area contributed by atoms with Crippen LogP contribution < -0.4 is 10.6 Å². The fourth-order valence-corrected chi connectivity index (χ4v) is 1.96. The summed E-state index contributed by atoms with van der Waals surface area (Å²) in [6, 6.07) is 0.327. The lowest BCUT2D eigenvalue weighted by Crippen LogP contribution is -2.39. The molecule has 1 atom stereocenters. The standard InChI is InChI=1S/C11H22N2O2/c1-9(8-12-2)15-11(14)13-10-6-4-3-5-7-10/h9-10,12H,3-8H2,1-2H3,(H,13,14). The number of alkyl carbamates (subject to hydrolysis) is 1. The van der Waals surface area contributed by atoms with Gasteiger partial charge in [-0.05, 0) is 26.8 Å². The van der Waals surface area contributed by atoms with Gasteiger partial charge in [-0.3, -0.25) is 0 Å². The van der Waals surface area contributed by atoms with Crippen molar-refractivity contribution in [2.45, 2.75) is 51.2 Å². The molecule has 0 aromatic heterocycles. The Kier molecular flexibility index (Phi) is 5.47. The average molecular weight is 214 g/mol. The third-order valence-corrected chi connectivity index (χ3v) is 2.73. The molecule has 0 saturated heterocycles. The maximum Gasteiger partial charge on any atom is 0.407 e. The van der Waals surface area contributed by atoms with Crippen LogP contribution in [0.5, 0.6) is 0 Å². The molecule has 1 amide bonds. The van der Waals surface area contributed by atoms with Gasteiger partial charge >= 0.3 is 6.09 Å². The minimum atomic E-state index is -0.273. The minimum Gasteiger partial charge on any atom is -0.445 e. The highest BCUT2D eigenvalue weighted by atomic mass is 16.6. The summed E-state index contributed by atoms with van der Waals surface area (Å²) in [5.74, 6) is 0. The number of carbonyl (C=O) groups excluding carboxylic acids is 1. The maximum atomic E-state index is 11.4. The molecule has 0 radical (unpaired) electrons. The van der Waals surface area contributed by atoms with Crippen molar-refractivity contribution in [1.82, 2.24) is 10.6 Å². The van der Waals surface area contributed by atoms with Gasteiger partial charge in [0.15, 0.2) is 0 Å². The van der Waals surface area contributed by atoms with E-state index in [1.807, 2.05) is 14.0 Å². The number of likely N-dealkylation sites (N-methyl/N-ethyl adjacent to an activating group) is 1. The predicted molar refractivity (Wildman–Crippen MR) is 59.9 cm³/mol. The van der Waals surface area contributed by atoms with Crippen LogP contribution in [0.25, 0.3) is 0 Å². The van der Waals surface area contributed by atoms with E-state index < -0.39 is 0 Å². The van der Waals surface area contributed by atoms with Crippen molar-refractivity contribution in [3.8, 4) is 0 Å². The maximum absolute atomic E-state index is 11.4. The molecule has 4 heteroatoms. The highest BCUT2D eigenvalue weighted by Crippen LogP contribution is 2.17. The number of rotatable bonds is 4. The number of hydrogen-bond acceptors (Lipinski definition) is 3. The third kappa shape index (κ3) is 5.02. The summed E-state index contributed by atoms with van der Waals surface area (Å²) >= 11 is 0. The first-order valence-corrected chi connectivity index (χ1v) is 5.84. The van der Waals surface area contributed by atoms with Crippen molar-refractivity contribution in [1.29, 1.82) is 0 Å². The normalized spacial score (nSPS) is 19.6. The monoisotopic (exact) mass is 214 g/mol. The van der Waals surface area contributed by atoms with E-state index >= 15 is 0 Å². The lowest BCUT2D eigenvalue weighted by atomic mass is 9.96. The Labute approximate surface area is 91.8 Å². The Balaban J connectivity index is 2.16. The number of amides is 1. The van der Waals surface area contributed by atoms with E-state index in [-0.39, 0.29) is 12.2 Å². The van der Waals surface area contributed by atoms with Crippen molar-refractivity contribution in [3.63, 3.8) is 0 Å². The fraction of sp³-hybridized carbons (Fsp3) is 0.909. The van der Waals surface area contributed by atoms with Crippen molar-refractivity contribution >= 4 is 6.09 Å². The van der Waals surface area contributed by atoms with Gasteiger partial charge in [-0.15, -0.1) is 0 Å². The average Bonchev–Trinajstić information content (AvgIpc) is 2.19. The zero-order valence-electron chi connectivity index (χ0n) is 9.71. The highest BCUT2D eigenvalue weighted by molar-refractivity contribution is 5.67. The Morgan fingerprint density at radius 2 is 2.07 bits per heavy atom. The summed E-state index contributed by atoms with van der Waals surface area (Å²) in [6.45, 7) is 2.58. The largest absolute Gasteiger partial charge is 0.445 e. The Hall–Kier alpha value is -0.770. The van der Waals surface area contributed by atoms with Crippen LogP contribution in [0.3, 0.4) is 0 Å². The molecule has 1 fully saturated rings. The van der Waals surface area contributed by atoms with E-state index in [9.17, 15) is 4.79 Å². The van der Waals surface area contributed by atoms with E-state index in [1.165, 1.54) is 19.3 Å². The van der Waals surface area contributed by atoms with Crippen LogP contribution in [-0.2, 0) is 4.74 Å². The zero-order chi connectivity index (χ0) is 11.1. The van der Waals surface area contributed by atoms with Crippen LogP contribution in [0.1, 0.15) is 39.0 Å². The summed E-state index contributed by atoms with van der Waals surface area (Å²) in [4.78, 5) is 11.4. The smallest absolute Gasteiger partial charge is 0.407 e. The van der Waals surface area contributed by atoms with Crippen LogP contribution in [-0.4, -0.2) is 31.8 Å². The molecule has 2 N–H and O–H groups in total. The molecular weight excluding hydrogens is 192 g/mol. The topological polar surface area (TPSA) is 50.4 Å². The molecule has 0 spiro atoms. The van der Waals surface area contributed by atoms with Crippen LogP contribution in [0.4, 0.5) is 4.79 Å². The lowest BCUT2D eigenvalue weighted by Gasteiger charge is -2.23. The Morgan fingerprint density at radius 1 is 1.40 bits per heavy atom. The molecule has 4 nitrogen and oxygen atoms in total. The van der Waals surface area contributed by atoms with Gasteiger partial charge in [0.1, 0.15) is 6.10 Å². The van der Waals surface area contributed by atoms with Crippen molar-refractivity contribution in [3.05, 3.63) is 0 Å². The van der Waals surface area contributed by atoms with Gasteiger partial charge in [-0.25, -0.2) is 4.79 Å². The highest BCUT2D eigenvalue weighted by Gasteiger charge is 2.17. The van der Waals surface area contributed by atoms with E-state index in [1.54, 1.807) is 0 Å². The van der Waals surface area contributed by atoms with Crippen LogP contribution >= 0.6 is 0 Å². The molecule has 1 aliphatic rings. The molecule has 15 heavy (non-hydrogen) atoms. The number of ether oxygens (including phenoxy) is 1. The summed E-state index contributed by atoms with van der Waals surface area (Å²) in [7, 11) is 1.85. The second-order valence-electron chi connectivity index (χ2n) is 4.25. The molecule has 1 unspecified atom stereocenters. The van der Waals surface area contributed by atoms with Gasteiger partial charge in [-0.1, -0.05) is 19.3 Å². The second-order valence-corrected chi connectivity index (χ2v) is 4.25. The quantitative estimate of drug-likeness (QED) is 0.748. The van der Waals surface area contributed by atoms with Gasteiger partial charge in [0.2, 0.25) is 0 Å². The van der Waals surface area contributed by atoms with Gasteiger partial charge in [0, 0.05) is 12.6 Å². The Morgan fingerprint density at radius 3 is 2.67 bits per heavy atom. The number of carbonyl (C=O) groups is 1. The third-order valence-electron chi connectivity index (χ3n) is 2.73. The fourth-order valence-electron chi connectivity index (χ4n) is 1.96. The molecule has 0 heterocycles. The Bertz CT molecular complexity index is 191. The van der Waals surface area contributed by atoms with E-state index in [4.69, 9.17) is 4.74 Å². The molecule has 0 aliphatic heterocycles. The number of nitrogens with one attached hydrogen (secondary N) is 2. The molecule has 1 aliphatic carbocycles. The zero-order valence-corrected chi connectivity index (χ0v) is 9.71. The summed E-state index contributed by atoms with van der Waals surface area (Å²) < 4.78 is 5.18. The molecular formula is C11H22N2O2. The molecule has 1 rings (SSSR count). The first-order chi connectivity index (χ1) is 7.22. The number of hydrogen-bond donors (Lipinski definition) is 2. The SMILES string of the molecule is CNCC(C)OC(=O)NC1CCCCC1.